The molecule has 0 atom stereocenters. The van der Waals surface area contributed by atoms with E-state index < -0.39 is 0 Å². The van der Waals surface area contributed by atoms with Crippen LogP contribution in [0.25, 0.3) is 11.1 Å². The van der Waals surface area contributed by atoms with E-state index in [0.29, 0.717) is 6.61 Å². The molecule has 3 nitrogen and oxygen atoms in total. The topological polar surface area (TPSA) is 27.1 Å². The first kappa shape index (κ1) is 11.4. The molecule has 0 spiro atoms. The Morgan fingerprint density at radius 3 is 3.00 bits per heavy atom. The van der Waals surface area contributed by atoms with E-state index in [2.05, 4.69) is 33.2 Å². The first-order chi connectivity index (χ1) is 7.79. The summed E-state index contributed by atoms with van der Waals surface area (Å²) in [6.45, 7) is 1.46. The average molecular weight is 281 g/mol. The molecule has 0 unspecified atom stereocenters. The molecule has 0 saturated heterocycles. The number of aromatic nitrogens is 2. The van der Waals surface area contributed by atoms with Gasteiger partial charge in [-0.15, -0.1) is 0 Å². The molecule has 0 radical (unpaired) electrons. The number of rotatable bonds is 4. The van der Waals surface area contributed by atoms with Gasteiger partial charge in [-0.25, -0.2) is 0 Å². The third kappa shape index (κ3) is 2.71. The largest absolute Gasteiger partial charge is 0.383 e. The average Bonchev–Trinajstić information content (AvgIpc) is 2.75. The van der Waals surface area contributed by atoms with Crippen LogP contribution in [0.2, 0.25) is 0 Å². The predicted octanol–water partition coefficient (Wildman–Crippen LogP) is 2.96. The van der Waals surface area contributed by atoms with Crippen LogP contribution in [-0.4, -0.2) is 23.5 Å². The molecule has 0 amide bonds. The minimum absolute atomic E-state index is 0.680. The highest BCUT2D eigenvalue weighted by atomic mass is 79.9. The Hall–Kier alpha value is -1.13. The summed E-state index contributed by atoms with van der Waals surface area (Å²) in [5, 5.41) is 4.28. The van der Waals surface area contributed by atoms with Crippen LogP contribution in [0.3, 0.4) is 0 Å². The lowest BCUT2D eigenvalue weighted by atomic mass is 10.1. The second kappa shape index (κ2) is 5.27. The Kier molecular flexibility index (Phi) is 3.74. The minimum Gasteiger partial charge on any atom is -0.383 e. The van der Waals surface area contributed by atoms with Crippen molar-refractivity contribution in [2.24, 2.45) is 0 Å². The Balaban J connectivity index is 2.18. The fourth-order valence-electron chi connectivity index (χ4n) is 1.49. The number of benzene rings is 1. The predicted molar refractivity (Wildman–Crippen MR) is 67.2 cm³/mol. The van der Waals surface area contributed by atoms with Gasteiger partial charge >= 0.3 is 0 Å². The lowest BCUT2D eigenvalue weighted by Gasteiger charge is -1.99. The zero-order valence-electron chi connectivity index (χ0n) is 9.06. The summed E-state index contributed by atoms with van der Waals surface area (Å²) < 4.78 is 7.98. The molecule has 0 saturated carbocycles. The monoisotopic (exact) mass is 280 g/mol. The second-order valence-corrected chi connectivity index (χ2v) is 4.41. The molecule has 0 aliphatic carbocycles. The van der Waals surface area contributed by atoms with Gasteiger partial charge in [0, 0.05) is 23.3 Å². The SMILES string of the molecule is COCCn1cc(-c2cccc(Br)c2)cn1. The number of nitrogens with zero attached hydrogens (tertiary/aromatic N) is 2. The Morgan fingerprint density at radius 1 is 1.38 bits per heavy atom. The molecular weight excluding hydrogens is 268 g/mol. The molecule has 2 rings (SSSR count). The van der Waals surface area contributed by atoms with Gasteiger partial charge in [0.2, 0.25) is 0 Å². The molecule has 1 aromatic heterocycles. The molecule has 0 aliphatic rings. The van der Waals surface area contributed by atoms with Crippen LogP contribution in [0, 0.1) is 0 Å². The lowest BCUT2D eigenvalue weighted by molar-refractivity contribution is 0.183. The molecule has 84 valence electrons. The van der Waals surface area contributed by atoms with Crippen LogP contribution in [0.15, 0.2) is 41.1 Å². The van der Waals surface area contributed by atoms with E-state index in [1.54, 1.807) is 7.11 Å². The van der Waals surface area contributed by atoms with Gasteiger partial charge in [-0.1, -0.05) is 28.1 Å². The maximum Gasteiger partial charge on any atom is 0.0658 e. The smallest absolute Gasteiger partial charge is 0.0658 e. The lowest BCUT2D eigenvalue weighted by Crippen LogP contribution is -2.03. The fourth-order valence-corrected chi connectivity index (χ4v) is 1.89. The van der Waals surface area contributed by atoms with Crippen molar-refractivity contribution in [2.75, 3.05) is 13.7 Å². The zero-order valence-corrected chi connectivity index (χ0v) is 10.6. The molecule has 0 aliphatic heterocycles. The van der Waals surface area contributed by atoms with E-state index >= 15 is 0 Å². The van der Waals surface area contributed by atoms with Crippen molar-refractivity contribution in [1.29, 1.82) is 0 Å². The number of hydrogen-bond acceptors (Lipinski definition) is 2. The van der Waals surface area contributed by atoms with Crippen molar-refractivity contribution in [2.45, 2.75) is 6.54 Å². The van der Waals surface area contributed by atoms with Gasteiger partial charge in [0.15, 0.2) is 0 Å². The van der Waals surface area contributed by atoms with Crippen molar-refractivity contribution >= 4 is 15.9 Å². The van der Waals surface area contributed by atoms with E-state index in [1.165, 1.54) is 0 Å². The highest BCUT2D eigenvalue weighted by Crippen LogP contribution is 2.22. The van der Waals surface area contributed by atoms with Crippen LogP contribution in [0.5, 0.6) is 0 Å². The van der Waals surface area contributed by atoms with Crippen molar-refractivity contribution in [3.63, 3.8) is 0 Å². The Labute approximate surface area is 103 Å². The van der Waals surface area contributed by atoms with Gasteiger partial charge < -0.3 is 4.74 Å². The third-order valence-electron chi connectivity index (χ3n) is 2.32. The van der Waals surface area contributed by atoms with Crippen LogP contribution in [0.4, 0.5) is 0 Å². The van der Waals surface area contributed by atoms with Crippen LogP contribution < -0.4 is 0 Å². The third-order valence-corrected chi connectivity index (χ3v) is 2.81. The molecule has 4 heteroatoms. The van der Waals surface area contributed by atoms with E-state index in [4.69, 9.17) is 4.74 Å². The highest BCUT2D eigenvalue weighted by Gasteiger charge is 2.01. The number of methoxy groups -OCH3 is 1. The van der Waals surface area contributed by atoms with Crippen molar-refractivity contribution in [3.05, 3.63) is 41.1 Å². The zero-order chi connectivity index (χ0) is 11.4. The summed E-state index contributed by atoms with van der Waals surface area (Å²) in [6.07, 6.45) is 3.90. The molecule has 0 fully saturated rings. The summed E-state index contributed by atoms with van der Waals surface area (Å²) >= 11 is 3.46. The normalized spacial score (nSPS) is 10.6. The van der Waals surface area contributed by atoms with Gasteiger partial charge in [-0.3, -0.25) is 4.68 Å². The van der Waals surface area contributed by atoms with Crippen LogP contribution >= 0.6 is 15.9 Å². The fraction of sp³-hybridized carbons (Fsp3) is 0.250. The summed E-state index contributed by atoms with van der Waals surface area (Å²) in [5.74, 6) is 0. The Bertz CT molecular complexity index is 468. The summed E-state index contributed by atoms with van der Waals surface area (Å²) in [5.41, 5.74) is 2.29. The van der Waals surface area contributed by atoms with Crippen molar-refractivity contribution < 1.29 is 4.74 Å². The van der Waals surface area contributed by atoms with Gasteiger partial charge in [-0.2, -0.15) is 5.10 Å². The van der Waals surface area contributed by atoms with E-state index in [1.807, 2.05) is 29.2 Å². The summed E-state index contributed by atoms with van der Waals surface area (Å²) in [7, 11) is 1.69. The molecule has 0 N–H and O–H groups in total. The summed E-state index contributed by atoms with van der Waals surface area (Å²) in [4.78, 5) is 0. The highest BCUT2D eigenvalue weighted by molar-refractivity contribution is 9.10. The summed E-state index contributed by atoms with van der Waals surface area (Å²) in [6, 6.07) is 8.19. The second-order valence-electron chi connectivity index (χ2n) is 3.50. The Morgan fingerprint density at radius 2 is 2.25 bits per heavy atom. The van der Waals surface area contributed by atoms with Gasteiger partial charge in [0.05, 0.1) is 19.3 Å². The molecule has 1 heterocycles. The number of ether oxygens (including phenoxy) is 1. The first-order valence-corrected chi connectivity index (χ1v) is 5.86. The molecule has 1 aromatic carbocycles. The molecule has 2 aromatic rings. The van der Waals surface area contributed by atoms with Crippen molar-refractivity contribution in [1.82, 2.24) is 9.78 Å². The maximum atomic E-state index is 5.01. The standard InChI is InChI=1S/C12H13BrN2O/c1-16-6-5-15-9-11(8-14-15)10-3-2-4-12(13)7-10/h2-4,7-9H,5-6H2,1H3. The van der Waals surface area contributed by atoms with E-state index in [9.17, 15) is 0 Å². The van der Waals surface area contributed by atoms with E-state index in [0.717, 1.165) is 22.1 Å². The van der Waals surface area contributed by atoms with Gasteiger partial charge in [-0.05, 0) is 17.7 Å². The molecule has 0 bridgehead atoms. The van der Waals surface area contributed by atoms with Crippen molar-refractivity contribution in [3.8, 4) is 11.1 Å². The first-order valence-electron chi connectivity index (χ1n) is 5.07. The van der Waals surface area contributed by atoms with Crippen LogP contribution in [0.1, 0.15) is 0 Å². The van der Waals surface area contributed by atoms with Gasteiger partial charge in [0.1, 0.15) is 0 Å². The maximum absolute atomic E-state index is 5.01. The number of halogens is 1. The minimum atomic E-state index is 0.680. The quantitative estimate of drug-likeness (QED) is 0.861. The van der Waals surface area contributed by atoms with E-state index in [-0.39, 0.29) is 0 Å². The van der Waals surface area contributed by atoms with Gasteiger partial charge in [0.25, 0.3) is 0 Å². The van der Waals surface area contributed by atoms with Crippen LogP contribution in [-0.2, 0) is 11.3 Å². The molecule has 16 heavy (non-hydrogen) atoms. The number of hydrogen-bond donors (Lipinski definition) is 0. The molecular formula is C12H13BrN2O.